The Hall–Kier alpha value is -2.55. The van der Waals surface area contributed by atoms with Gasteiger partial charge in [-0.1, -0.05) is 12.1 Å². The summed E-state index contributed by atoms with van der Waals surface area (Å²) >= 11 is 0. The molecule has 0 saturated heterocycles. The van der Waals surface area contributed by atoms with Crippen LogP contribution in [-0.4, -0.2) is 34.8 Å². The minimum absolute atomic E-state index is 0.0257. The van der Waals surface area contributed by atoms with Gasteiger partial charge in [0.05, 0.1) is 13.7 Å². The second-order valence-electron chi connectivity index (χ2n) is 5.39. The molecule has 0 unspecified atom stereocenters. The molecule has 25 heavy (non-hydrogen) atoms. The first-order chi connectivity index (χ1) is 11.8. The summed E-state index contributed by atoms with van der Waals surface area (Å²) < 4.78 is 44.2. The molecule has 0 aliphatic rings. The maximum absolute atomic E-state index is 13.0. The van der Waals surface area contributed by atoms with Crippen LogP contribution in [0.4, 0.5) is 24.9 Å². The molecule has 0 spiro atoms. The number of aromatic nitrogens is 2. The Kier molecular flexibility index (Phi) is 6.02. The molecule has 0 amide bonds. The average molecular weight is 356 g/mol. The minimum Gasteiger partial charge on any atom is -0.497 e. The smallest absolute Gasteiger partial charge is 0.433 e. The number of benzene rings is 1. The Labute approximate surface area is 143 Å². The van der Waals surface area contributed by atoms with Crippen LogP contribution in [0.2, 0.25) is 0 Å². The first kappa shape index (κ1) is 18.8. The first-order valence-electron chi connectivity index (χ1n) is 7.52. The first-order valence-corrected chi connectivity index (χ1v) is 7.52. The second-order valence-corrected chi connectivity index (χ2v) is 5.39. The van der Waals surface area contributed by atoms with E-state index in [9.17, 15) is 13.2 Å². The van der Waals surface area contributed by atoms with Gasteiger partial charge in [0.15, 0.2) is 5.69 Å². The van der Waals surface area contributed by atoms with Crippen LogP contribution >= 0.6 is 0 Å². The van der Waals surface area contributed by atoms with E-state index in [0.29, 0.717) is 5.75 Å². The van der Waals surface area contributed by atoms with E-state index in [-0.39, 0.29) is 24.9 Å². The van der Waals surface area contributed by atoms with Crippen LogP contribution in [0.3, 0.4) is 0 Å². The fraction of sp³-hybridized carbons (Fsp3) is 0.375. The number of ether oxygens (including phenoxy) is 1. The van der Waals surface area contributed by atoms with Gasteiger partial charge in [-0.05, 0) is 24.6 Å². The summed E-state index contributed by atoms with van der Waals surface area (Å²) in [6, 6.07) is 7.51. The Morgan fingerprint density at radius 3 is 2.64 bits per heavy atom. The van der Waals surface area contributed by atoms with Crippen molar-refractivity contribution in [2.24, 2.45) is 0 Å². The zero-order chi connectivity index (χ0) is 18.4. The number of anilines is 2. The van der Waals surface area contributed by atoms with Gasteiger partial charge in [-0.15, -0.1) is 0 Å². The molecule has 1 aromatic heterocycles. The van der Waals surface area contributed by atoms with Crippen LogP contribution < -0.4 is 15.4 Å². The van der Waals surface area contributed by atoms with E-state index in [1.165, 1.54) is 7.11 Å². The number of nitrogens with zero attached hydrogens (tertiary/aromatic N) is 2. The van der Waals surface area contributed by atoms with Crippen LogP contribution in [0, 0.1) is 0 Å². The normalized spacial score (nSPS) is 12.6. The predicted octanol–water partition coefficient (Wildman–Crippen LogP) is 2.91. The number of rotatable bonds is 7. The minimum atomic E-state index is -4.60. The van der Waals surface area contributed by atoms with Crippen molar-refractivity contribution in [3.8, 4) is 5.75 Å². The Morgan fingerprint density at radius 2 is 2.00 bits per heavy atom. The highest BCUT2D eigenvalue weighted by Gasteiger charge is 2.33. The van der Waals surface area contributed by atoms with E-state index < -0.39 is 17.9 Å². The number of alkyl halides is 3. The largest absolute Gasteiger partial charge is 0.497 e. The number of aliphatic hydroxyl groups is 1. The van der Waals surface area contributed by atoms with Crippen molar-refractivity contribution < 1.29 is 23.0 Å². The fourth-order valence-electron chi connectivity index (χ4n) is 1.99. The standard InChI is InChI=1S/C16H19F3N4O2/c1-10(9-24)21-15-22-13(16(17,18)19)7-14(23-15)20-8-11-4-3-5-12(6-11)25-2/h3-7,10,24H,8-9H2,1-2H3,(H2,20,21,22,23)/t10-/m0/s1. The monoisotopic (exact) mass is 356 g/mol. The van der Waals surface area contributed by atoms with E-state index in [2.05, 4.69) is 20.6 Å². The van der Waals surface area contributed by atoms with Gasteiger partial charge >= 0.3 is 6.18 Å². The summed E-state index contributed by atoms with van der Waals surface area (Å²) in [5.41, 5.74) is -0.243. The molecular formula is C16H19F3N4O2. The lowest BCUT2D eigenvalue weighted by molar-refractivity contribution is -0.141. The second kappa shape index (κ2) is 8.02. The number of aliphatic hydroxyl groups excluding tert-OH is 1. The van der Waals surface area contributed by atoms with Gasteiger partial charge in [0.25, 0.3) is 0 Å². The fourth-order valence-corrected chi connectivity index (χ4v) is 1.99. The van der Waals surface area contributed by atoms with Crippen LogP contribution in [0.25, 0.3) is 0 Å². The molecule has 3 N–H and O–H groups in total. The van der Waals surface area contributed by atoms with E-state index in [4.69, 9.17) is 9.84 Å². The number of hydrogen-bond acceptors (Lipinski definition) is 6. The highest BCUT2D eigenvalue weighted by atomic mass is 19.4. The lowest BCUT2D eigenvalue weighted by atomic mass is 10.2. The predicted molar refractivity (Wildman–Crippen MR) is 87.5 cm³/mol. The van der Waals surface area contributed by atoms with Gasteiger partial charge in [0.2, 0.25) is 5.95 Å². The molecule has 0 bridgehead atoms. The van der Waals surface area contributed by atoms with E-state index in [1.807, 2.05) is 6.07 Å². The van der Waals surface area contributed by atoms with Crippen LogP contribution in [-0.2, 0) is 12.7 Å². The molecule has 0 fully saturated rings. The lowest BCUT2D eigenvalue weighted by Crippen LogP contribution is -2.22. The van der Waals surface area contributed by atoms with Gasteiger partial charge in [-0.3, -0.25) is 0 Å². The topological polar surface area (TPSA) is 79.3 Å². The zero-order valence-corrected chi connectivity index (χ0v) is 13.8. The molecule has 136 valence electrons. The van der Waals surface area contributed by atoms with Crippen molar-refractivity contribution in [2.75, 3.05) is 24.4 Å². The van der Waals surface area contributed by atoms with Crippen LogP contribution in [0.15, 0.2) is 30.3 Å². The van der Waals surface area contributed by atoms with Gasteiger partial charge in [0, 0.05) is 18.7 Å². The molecule has 0 aliphatic heterocycles. The molecule has 6 nitrogen and oxygen atoms in total. The third-order valence-electron chi connectivity index (χ3n) is 3.27. The van der Waals surface area contributed by atoms with Crippen LogP contribution in [0.1, 0.15) is 18.2 Å². The number of nitrogens with one attached hydrogen (secondary N) is 2. The van der Waals surface area contributed by atoms with E-state index >= 15 is 0 Å². The maximum atomic E-state index is 13.0. The van der Waals surface area contributed by atoms with Crippen LogP contribution in [0.5, 0.6) is 5.75 Å². The molecule has 1 aromatic carbocycles. The van der Waals surface area contributed by atoms with Crippen molar-refractivity contribution in [3.63, 3.8) is 0 Å². The average Bonchev–Trinajstić information content (AvgIpc) is 2.59. The molecule has 1 atom stereocenters. The van der Waals surface area contributed by atoms with Gasteiger partial charge < -0.3 is 20.5 Å². The van der Waals surface area contributed by atoms with Crippen molar-refractivity contribution in [1.29, 1.82) is 0 Å². The molecular weight excluding hydrogens is 337 g/mol. The molecule has 0 aliphatic carbocycles. The molecule has 0 saturated carbocycles. The van der Waals surface area contributed by atoms with Gasteiger partial charge in [0.1, 0.15) is 11.6 Å². The summed E-state index contributed by atoms with van der Waals surface area (Å²) in [7, 11) is 1.53. The summed E-state index contributed by atoms with van der Waals surface area (Å²) in [4.78, 5) is 7.47. The SMILES string of the molecule is COc1cccc(CNc2cc(C(F)(F)F)nc(N[C@@H](C)CO)n2)c1. The number of halogens is 3. The zero-order valence-electron chi connectivity index (χ0n) is 13.8. The molecule has 0 radical (unpaired) electrons. The molecule has 9 heteroatoms. The van der Waals surface area contributed by atoms with Crippen molar-refractivity contribution in [3.05, 3.63) is 41.6 Å². The summed E-state index contributed by atoms with van der Waals surface area (Å²) in [6.45, 7) is 1.61. The van der Waals surface area contributed by atoms with Gasteiger partial charge in [-0.2, -0.15) is 18.2 Å². The summed E-state index contributed by atoms with van der Waals surface area (Å²) in [5, 5.41) is 14.5. The van der Waals surface area contributed by atoms with E-state index in [1.54, 1.807) is 25.1 Å². The molecule has 2 rings (SSSR count). The molecule has 2 aromatic rings. The molecule has 1 heterocycles. The Morgan fingerprint density at radius 1 is 1.24 bits per heavy atom. The quantitative estimate of drug-likeness (QED) is 0.708. The Bertz CT molecular complexity index is 710. The highest BCUT2D eigenvalue weighted by Crippen LogP contribution is 2.30. The van der Waals surface area contributed by atoms with Crippen molar-refractivity contribution >= 4 is 11.8 Å². The van der Waals surface area contributed by atoms with E-state index in [0.717, 1.165) is 11.6 Å². The number of methoxy groups -OCH3 is 1. The maximum Gasteiger partial charge on any atom is 0.433 e. The Balaban J connectivity index is 2.21. The lowest BCUT2D eigenvalue weighted by Gasteiger charge is -2.15. The summed E-state index contributed by atoms with van der Waals surface area (Å²) in [5.74, 6) is 0.472. The van der Waals surface area contributed by atoms with Crippen molar-refractivity contribution in [2.45, 2.75) is 25.7 Å². The third-order valence-corrected chi connectivity index (χ3v) is 3.27. The highest BCUT2D eigenvalue weighted by molar-refractivity contribution is 5.44. The number of hydrogen-bond donors (Lipinski definition) is 3. The van der Waals surface area contributed by atoms with Gasteiger partial charge in [-0.25, -0.2) is 4.98 Å². The summed E-state index contributed by atoms with van der Waals surface area (Å²) in [6.07, 6.45) is -4.60. The third kappa shape index (κ3) is 5.49. The van der Waals surface area contributed by atoms with Crippen molar-refractivity contribution in [1.82, 2.24) is 9.97 Å².